The molecule has 1 fully saturated rings. The van der Waals surface area contributed by atoms with Gasteiger partial charge in [0.1, 0.15) is 29.8 Å². The van der Waals surface area contributed by atoms with Crippen molar-refractivity contribution in [3.05, 3.63) is 30.2 Å². The molecule has 0 amide bonds. The van der Waals surface area contributed by atoms with E-state index < -0.39 is 0 Å². The molecule has 1 aliphatic heterocycles. The van der Waals surface area contributed by atoms with E-state index in [1.807, 2.05) is 6.07 Å². The Hall–Kier alpha value is -2.69. The molecule has 1 aliphatic rings. The average molecular weight is 309 g/mol. The zero-order chi connectivity index (χ0) is 15.6. The van der Waals surface area contributed by atoms with Crippen LogP contribution in [0, 0.1) is 11.3 Å². The topological polar surface area (TPSA) is 95.9 Å². The quantitative estimate of drug-likeness (QED) is 0.758. The van der Waals surface area contributed by atoms with Crippen molar-refractivity contribution in [3.8, 4) is 11.8 Å². The Balaban J connectivity index is 1.72. The SMILES string of the molecule is N#Cc1cc2c(cn1)[nH]c1nccc(OCC3COCCN3)c12. The number of morpholine rings is 1. The van der Waals surface area contributed by atoms with Crippen molar-refractivity contribution in [2.24, 2.45) is 0 Å². The van der Waals surface area contributed by atoms with Crippen LogP contribution in [-0.4, -0.2) is 47.4 Å². The van der Waals surface area contributed by atoms with Gasteiger partial charge in [0, 0.05) is 18.1 Å². The summed E-state index contributed by atoms with van der Waals surface area (Å²) in [5, 5.41) is 14.2. The fourth-order valence-corrected chi connectivity index (χ4v) is 2.79. The van der Waals surface area contributed by atoms with E-state index in [0.29, 0.717) is 18.9 Å². The van der Waals surface area contributed by atoms with Crippen molar-refractivity contribution in [1.82, 2.24) is 20.3 Å². The summed E-state index contributed by atoms with van der Waals surface area (Å²) in [7, 11) is 0. The number of aromatic nitrogens is 3. The number of aromatic amines is 1. The van der Waals surface area contributed by atoms with Crippen LogP contribution in [-0.2, 0) is 4.74 Å². The molecular formula is C16H15N5O2. The van der Waals surface area contributed by atoms with E-state index in [1.54, 1.807) is 18.5 Å². The minimum absolute atomic E-state index is 0.175. The molecule has 1 unspecified atom stereocenters. The Labute approximate surface area is 132 Å². The lowest BCUT2D eigenvalue weighted by molar-refractivity contribution is 0.0595. The lowest BCUT2D eigenvalue weighted by Gasteiger charge is -2.23. The predicted octanol–water partition coefficient (Wildman–Crippen LogP) is 1.35. The fraction of sp³-hybridized carbons (Fsp3) is 0.312. The lowest BCUT2D eigenvalue weighted by atomic mass is 10.2. The molecule has 23 heavy (non-hydrogen) atoms. The maximum absolute atomic E-state index is 9.06. The van der Waals surface area contributed by atoms with Gasteiger partial charge in [-0.2, -0.15) is 5.26 Å². The number of pyridine rings is 2. The summed E-state index contributed by atoms with van der Waals surface area (Å²) < 4.78 is 11.4. The van der Waals surface area contributed by atoms with Crippen molar-refractivity contribution in [2.45, 2.75) is 6.04 Å². The number of hydrogen-bond donors (Lipinski definition) is 2. The maximum atomic E-state index is 9.06. The van der Waals surface area contributed by atoms with Crippen LogP contribution in [0.3, 0.4) is 0 Å². The Kier molecular flexibility index (Phi) is 3.54. The van der Waals surface area contributed by atoms with Gasteiger partial charge in [0.2, 0.25) is 0 Å². The zero-order valence-corrected chi connectivity index (χ0v) is 12.4. The van der Waals surface area contributed by atoms with Gasteiger partial charge in [0.15, 0.2) is 0 Å². The molecule has 4 rings (SSSR count). The van der Waals surface area contributed by atoms with Crippen LogP contribution in [0.5, 0.6) is 5.75 Å². The molecule has 0 aliphatic carbocycles. The molecule has 1 saturated heterocycles. The number of hydrogen-bond acceptors (Lipinski definition) is 6. The van der Waals surface area contributed by atoms with Crippen molar-refractivity contribution < 1.29 is 9.47 Å². The van der Waals surface area contributed by atoms with Gasteiger partial charge in [0.05, 0.1) is 36.4 Å². The van der Waals surface area contributed by atoms with Gasteiger partial charge < -0.3 is 19.8 Å². The standard InChI is InChI=1S/C16H15N5O2/c17-6-10-5-12-13(7-20-10)21-16-15(12)14(1-2-19-16)23-9-11-8-22-4-3-18-11/h1-2,5,7,11,18H,3-4,8-9H2,(H,19,21). The van der Waals surface area contributed by atoms with Gasteiger partial charge in [-0.25, -0.2) is 9.97 Å². The van der Waals surface area contributed by atoms with Crippen molar-refractivity contribution in [3.63, 3.8) is 0 Å². The van der Waals surface area contributed by atoms with Crippen LogP contribution in [0.4, 0.5) is 0 Å². The molecule has 4 heterocycles. The molecule has 7 nitrogen and oxygen atoms in total. The molecule has 2 N–H and O–H groups in total. The Morgan fingerprint density at radius 3 is 3.22 bits per heavy atom. The van der Waals surface area contributed by atoms with Crippen LogP contribution in [0.25, 0.3) is 21.9 Å². The minimum Gasteiger partial charge on any atom is -0.491 e. The van der Waals surface area contributed by atoms with Crippen LogP contribution in [0.15, 0.2) is 24.5 Å². The minimum atomic E-state index is 0.175. The van der Waals surface area contributed by atoms with Gasteiger partial charge >= 0.3 is 0 Å². The number of fused-ring (bicyclic) bond motifs is 3. The number of nitrogens with one attached hydrogen (secondary N) is 2. The highest BCUT2D eigenvalue weighted by Crippen LogP contribution is 2.31. The highest BCUT2D eigenvalue weighted by Gasteiger charge is 2.16. The fourth-order valence-electron chi connectivity index (χ4n) is 2.79. The van der Waals surface area contributed by atoms with Crippen LogP contribution >= 0.6 is 0 Å². The zero-order valence-electron chi connectivity index (χ0n) is 12.4. The molecule has 0 radical (unpaired) electrons. The molecule has 0 spiro atoms. The smallest absolute Gasteiger partial charge is 0.142 e. The number of rotatable bonds is 3. The molecule has 7 heteroatoms. The summed E-state index contributed by atoms with van der Waals surface area (Å²) in [5.74, 6) is 0.740. The second-order valence-corrected chi connectivity index (χ2v) is 5.42. The molecule has 0 bridgehead atoms. The molecule has 1 atom stereocenters. The monoisotopic (exact) mass is 309 g/mol. The third-order valence-corrected chi connectivity index (χ3v) is 3.89. The first-order chi connectivity index (χ1) is 11.3. The predicted molar refractivity (Wildman–Crippen MR) is 84.2 cm³/mol. The summed E-state index contributed by atoms with van der Waals surface area (Å²) in [4.78, 5) is 11.6. The maximum Gasteiger partial charge on any atom is 0.142 e. The normalized spacial score (nSPS) is 18.1. The van der Waals surface area contributed by atoms with Gasteiger partial charge in [-0.15, -0.1) is 0 Å². The summed E-state index contributed by atoms with van der Waals surface area (Å²) in [5.41, 5.74) is 1.93. The van der Waals surface area contributed by atoms with Crippen molar-refractivity contribution >= 4 is 21.9 Å². The highest BCUT2D eigenvalue weighted by molar-refractivity contribution is 6.09. The number of nitrogens with zero attached hydrogens (tertiary/aromatic N) is 3. The Morgan fingerprint density at radius 2 is 2.39 bits per heavy atom. The highest BCUT2D eigenvalue weighted by atomic mass is 16.5. The first kappa shape index (κ1) is 13.9. The summed E-state index contributed by atoms with van der Waals surface area (Å²) in [6.45, 7) is 2.74. The first-order valence-corrected chi connectivity index (χ1v) is 7.45. The van der Waals surface area contributed by atoms with E-state index >= 15 is 0 Å². The van der Waals surface area contributed by atoms with Gasteiger partial charge in [-0.1, -0.05) is 0 Å². The van der Waals surface area contributed by atoms with Crippen molar-refractivity contribution in [2.75, 3.05) is 26.4 Å². The van der Waals surface area contributed by atoms with Crippen LogP contribution < -0.4 is 10.1 Å². The molecule has 0 aromatic carbocycles. The lowest BCUT2D eigenvalue weighted by Crippen LogP contribution is -2.44. The van der Waals surface area contributed by atoms with E-state index in [4.69, 9.17) is 14.7 Å². The van der Waals surface area contributed by atoms with Gasteiger partial charge in [-0.3, -0.25) is 0 Å². The number of nitriles is 1. The van der Waals surface area contributed by atoms with Gasteiger partial charge in [0.25, 0.3) is 0 Å². The van der Waals surface area contributed by atoms with E-state index in [9.17, 15) is 0 Å². The molecule has 0 saturated carbocycles. The van der Waals surface area contributed by atoms with E-state index in [2.05, 4.69) is 26.3 Å². The molecule has 116 valence electrons. The molecular weight excluding hydrogens is 294 g/mol. The second kappa shape index (κ2) is 5.83. The third-order valence-electron chi connectivity index (χ3n) is 3.89. The molecule has 3 aromatic rings. The van der Waals surface area contributed by atoms with E-state index in [1.165, 1.54) is 0 Å². The molecule has 3 aromatic heterocycles. The Bertz CT molecular complexity index is 892. The van der Waals surface area contributed by atoms with E-state index in [0.717, 1.165) is 40.8 Å². The van der Waals surface area contributed by atoms with Gasteiger partial charge in [-0.05, 0) is 12.1 Å². The van der Waals surface area contributed by atoms with Crippen LogP contribution in [0.2, 0.25) is 0 Å². The average Bonchev–Trinajstić information content (AvgIpc) is 2.99. The Morgan fingerprint density at radius 1 is 1.43 bits per heavy atom. The van der Waals surface area contributed by atoms with Crippen LogP contribution in [0.1, 0.15) is 5.69 Å². The summed E-state index contributed by atoms with van der Waals surface area (Å²) >= 11 is 0. The number of H-pyrrole nitrogens is 1. The third kappa shape index (κ3) is 2.59. The first-order valence-electron chi connectivity index (χ1n) is 7.45. The summed E-state index contributed by atoms with van der Waals surface area (Å²) in [6.07, 6.45) is 3.35. The van der Waals surface area contributed by atoms with Crippen molar-refractivity contribution in [1.29, 1.82) is 5.26 Å². The largest absolute Gasteiger partial charge is 0.491 e. The summed E-state index contributed by atoms with van der Waals surface area (Å²) in [6, 6.07) is 5.83. The second-order valence-electron chi connectivity index (χ2n) is 5.42. The number of ether oxygens (including phenoxy) is 2. The van der Waals surface area contributed by atoms with E-state index in [-0.39, 0.29) is 6.04 Å².